The van der Waals surface area contributed by atoms with Gasteiger partial charge in [-0.3, -0.25) is 0 Å². The van der Waals surface area contributed by atoms with Crippen molar-refractivity contribution >= 4 is 0 Å². The van der Waals surface area contributed by atoms with E-state index in [9.17, 15) is 26.3 Å². The van der Waals surface area contributed by atoms with Gasteiger partial charge in [-0.15, -0.1) is 0 Å². The highest BCUT2D eigenvalue weighted by molar-refractivity contribution is 5.36. The Kier molecular flexibility index (Phi) is 5.37. The van der Waals surface area contributed by atoms with Gasteiger partial charge in [0, 0.05) is 11.0 Å². The Morgan fingerprint density at radius 2 is 1.48 bits per heavy atom. The fourth-order valence-corrected chi connectivity index (χ4v) is 4.80. The molecule has 2 fully saturated rings. The predicted octanol–water partition coefficient (Wildman–Crippen LogP) is 6.27. The molecule has 0 bridgehead atoms. The average Bonchev–Trinajstić information content (AvgIpc) is 2.65. The van der Waals surface area contributed by atoms with Crippen molar-refractivity contribution in [1.82, 2.24) is 5.32 Å². The summed E-state index contributed by atoms with van der Waals surface area (Å²) < 4.78 is 85.0. The van der Waals surface area contributed by atoms with Gasteiger partial charge in [-0.1, -0.05) is 30.3 Å². The van der Waals surface area contributed by atoms with Crippen LogP contribution in [0, 0.1) is 0 Å². The van der Waals surface area contributed by atoms with Gasteiger partial charge < -0.3 is 10.1 Å². The fraction of sp³-hybridized carbons (Fsp3) is 0.478. The molecule has 2 aromatic rings. The second-order valence-electron chi connectivity index (χ2n) is 8.75. The van der Waals surface area contributed by atoms with Crippen molar-refractivity contribution in [3.8, 4) is 0 Å². The van der Waals surface area contributed by atoms with Gasteiger partial charge in [-0.2, -0.15) is 26.3 Å². The molecule has 31 heavy (non-hydrogen) atoms. The first-order valence-corrected chi connectivity index (χ1v) is 10.1. The number of alkyl halides is 6. The van der Waals surface area contributed by atoms with E-state index in [1.807, 2.05) is 30.3 Å². The highest BCUT2D eigenvalue weighted by atomic mass is 19.4. The van der Waals surface area contributed by atoms with Gasteiger partial charge >= 0.3 is 12.4 Å². The Morgan fingerprint density at radius 1 is 0.935 bits per heavy atom. The standard InChI is InChI=1S/C23H23F6NO/c1-15(16-9-18(22(24,25)26)11-19(10-16)23(27,28)29)31-14-20(17-5-3-2-4-6-17)12-21(13-20)7-8-30-21/h2-6,9-11,15,30H,7-8,12-14H2,1H3/t15-,20?,21?/m1/s1. The number of hydrogen-bond donors (Lipinski definition) is 1. The van der Waals surface area contributed by atoms with Crippen molar-refractivity contribution in [3.63, 3.8) is 0 Å². The minimum Gasteiger partial charge on any atom is -0.373 e. The van der Waals surface area contributed by atoms with Crippen LogP contribution in [0.5, 0.6) is 0 Å². The van der Waals surface area contributed by atoms with E-state index in [0.717, 1.165) is 43.5 Å². The normalized spacial score (nSPS) is 26.9. The Hall–Kier alpha value is -2.06. The fourth-order valence-electron chi connectivity index (χ4n) is 4.80. The first-order valence-electron chi connectivity index (χ1n) is 10.1. The molecule has 4 rings (SSSR count). The molecule has 1 aliphatic heterocycles. The van der Waals surface area contributed by atoms with Gasteiger partial charge in [0.1, 0.15) is 0 Å². The van der Waals surface area contributed by atoms with Gasteiger partial charge in [0.2, 0.25) is 0 Å². The number of ether oxygens (including phenoxy) is 1. The zero-order valence-corrected chi connectivity index (χ0v) is 16.9. The second-order valence-corrected chi connectivity index (χ2v) is 8.75. The number of rotatable bonds is 5. The van der Waals surface area contributed by atoms with Crippen LogP contribution in [-0.2, 0) is 22.5 Å². The van der Waals surface area contributed by atoms with Crippen molar-refractivity contribution in [2.45, 2.75) is 55.6 Å². The first kappa shape index (κ1) is 22.1. The monoisotopic (exact) mass is 443 g/mol. The Labute approximate surface area is 176 Å². The van der Waals surface area contributed by atoms with Gasteiger partial charge in [0.15, 0.2) is 0 Å². The molecule has 1 saturated heterocycles. The number of nitrogens with one attached hydrogen (secondary N) is 1. The summed E-state index contributed by atoms with van der Waals surface area (Å²) in [5.41, 5.74) is -1.96. The molecule has 0 aromatic heterocycles. The zero-order valence-electron chi connectivity index (χ0n) is 16.9. The molecular weight excluding hydrogens is 420 g/mol. The molecule has 1 aliphatic carbocycles. The van der Waals surface area contributed by atoms with Crippen molar-refractivity contribution in [3.05, 3.63) is 70.8 Å². The summed E-state index contributed by atoms with van der Waals surface area (Å²) in [6, 6.07) is 11.3. The van der Waals surface area contributed by atoms with E-state index < -0.39 is 29.6 Å². The van der Waals surface area contributed by atoms with E-state index >= 15 is 0 Å². The third-order valence-corrected chi connectivity index (χ3v) is 6.53. The predicted molar refractivity (Wildman–Crippen MR) is 104 cm³/mol. The molecule has 2 nitrogen and oxygen atoms in total. The van der Waals surface area contributed by atoms with E-state index in [2.05, 4.69) is 5.32 Å². The number of hydrogen-bond acceptors (Lipinski definition) is 2. The van der Waals surface area contributed by atoms with Crippen LogP contribution in [-0.4, -0.2) is 18.7 Å². The van der Waals surface area contributed by atoms with Crippen molar-refractivity contribution in [2.24, 2.45) is 0 Å². The lowest BCUT2D eigenvalue weighted by molar-refractivity contribution is -0.143. The smallest absolute Gasteiger partial charge is 0.373 e. The molecule has 2 aliphatic rings. The highest BCUT2D eigenvalue weighted by Gasteiger charge is 2.58. The van der Waals surface area contributed by atoms with Crippen LogP contribution < -0.4 is 5.32 Å². The molecule has 1 atom stereocenters. The molecule has 0 amide bonds. The van der Waals surface area contributed by atoms with E-state index in [1.165, 1.54) is 6.92 Å². The molecule has 0 radical (unpaired) electrons. The first-order chi connectivity index (χ1) is 14.4. The Balaban J connectivity index is 1.56. The molecule has 2 aromatic carbocycles. The summed E-state index contributed by atoms with van der Waals surface area (Å²) in [6.07, 6.45) is -7.97. The van der Waals surface area contributed by atoms with Crippen LogP contribution in [0.2, 0.25) is 0 Å². The highest BCUT2D eigenvalue weighted by Crippen LogP contribution is 2.54. The third kappa shape index (κ3) is 4.32. The van der Waals surface area contributed by atoms with Crippen LogP contribution in [0.1, 0.15) is 54.5 Å². The molecule has 168 valence electrons. The van der Waals surface area contributed by atoms with Crippen LogP contribution in [0.4, 0.5) is 26.3 Å². The second kappa shape index (κ2) is 7.52. The molecular formula is C23H23F6NO. The lowest BCUT2D eigenvalue weighted by Crippen LogP contribution is -2.70. The number of benzene rings is 2. The van der Waals surface area contributed by atoms with Crippen LogP contribution in [0.15, 0.2) is 48.5 Å². The Bertz CT molecular complexity index is 893. The minimum absolute atomic E-state index is 0.0715. The largest absolute Gasteiger partial charge is 0.416 e. The summed E-state index contributed by atoms with van der Waals surface area (Å²) in [7, 11) is 0. The van der Waals surface area contributed by atoms with Crippen molar-refractivity contribution in [1.29, 1.82) is 0 Å². The van der Waals surface area contributed by atoms with E-state index in [-0.39, 0.29) is 29.2 Å². The van der Waals surface area contributed by atoms with Crippen LogP contribution >= 0.6 is 0 Å². The average molecular weight is 443 g/mol. The molecule has 0 unspecified atom stereocenters. The topological polar surface area (TPSA) is 21.3 Å². The van der Waals surface area contributed by atoms with Crippen LogP contribution in [0.3, 0.4) is 0 Å². The summed E-state index contributed by atoms with van der Waals surface area (Å²) in [5.74, 6) is 0. The lowest BCUT2D eigenvalue weighted by atomic mass is 9.51. The maximum atomic E-state index is 13.2. The molecule has 1 spiro atoms. The van der Waals surface area contributed by atoms with Gasteiger partial charge in [-0.25, -0.2) is 0 Å². The Morgan fingerprint density at radius 3 is 1.94 bits per heavy atom. The summed E-state index contributed by atoms with van der Waals surface area (Å²) in [4.78, 5) is 0. The molecule has 1 heterocycles. The van der Waals surface area contributed by atoms with Gasteiger partial charge in [0.25, 0.3) is 0 Å². The molecule has 1 N–H and O–H groups in total. The zero-order chi connectivity index (χ0) is 22.5. The minimum atomic E-state index is -4.88. The molecule has 1 saturated carbocycles. The summed E-state index contributed by atoms with van der Waals surface area (Å²) in [5, 5.41) is 3.44. The van der Waals surface area contributed by atoms with E-state index in [0.29, 0.717) is 0 Å². The quantitative estimate of drug-likeness (QED) is 0.551. The van der Waals surface area contributed by atoms with Crippen molar-refractivity contribution in [2.75, 3.05) is 13.2 Å². The SMILES string of the molecule is C[C@@H](OCC1(c2ccccc2)CC2(CCN2)C1)c1cc(C(F)(F)F)cc(C(F)(F)F)c1. The number of halogens is 6. The lowest BCUT2D eigenvalue weighted by Gasteiger charge is -2.61. The summed E-state index contributed by atoms with van der Waals surface area (Å²) >= 11 is 0. The maximum Gasteiger partial charge on any atom is 0.416 e. The van der Waals surface area contributed by atoms with Crippen LogP contribution in [0.25, 0.3) is 0 Å². The maximum absolute atomic E-state index is 13.2. The van der Waals surface area contributed by atoms with E-state index in [1.54, 1.807) is 0 Å². The summed E-state index contributed by atoms with van der Waals surface area (Å²) in [6.45, 7) is 2.66. The van der Waals surface area contributed by atoms with Crippen molar-refractivity contribution < 1.29 is 31.1 Å². The third-order valence-electron chi connectivity index (χ3n) is 6.53. The molecule has 8 heteroatoms. The van der Waals surface area contributed by atoms with E-state index in [4.69, 9.17) is 4.74 Å². The van der Waals surface area contributed by atoms with Gasteiger partial charge in [0.05, 0.1) is 23.8 Å². The van der Waals surface area contributed by atoms with Gasteiger partial charge in [-0.05, 0) is 62.1 Å².